The van der Waals surface area contributed by atoms with Crippen molar-refractivity contribution in [3.63, 3.8) is 0 Å². The van der Waals surface area contributed by atoms with Crippen LogP contribution in [0.15, 0.2) is 140 Å². The number of benzene rings is 6. The molecule has 3 heterocycles. The van der Waals surface area contributed by atoms with Gasteiger partial charge in [0, 0.05) is 44.6 Å². The molecule has 0 spiro atoms. The quantitative estimate of drug-likeness (QED) is 0.202. The molecule has 0 fully saturated rings. The molecule has 0 atom stereocenters. The Bertz CT molecular complexity index is 2600. The lowest BCUT2D eigenvalue weighted by molar-refractivity contribution is 1.18. The Morgan fingerprint density at radius 1 is 0.465 bits per heavy atom. The Hall–Kier alpha value is -5.80. The van der Waals surface area contributed by atoms with Crippen LogP contribution in [0.5, 0.6) is 0 Å². The van der Waals surface area contributed by atoms with Gasteiger partial charge >= 0.3 is 0 Å². The average Bonchev–Trinajstić information content (AvgIpc) is 3.59. The standard InChI is InChI=1S/C40H23N3/c1-2-12-34-31(9-1)38-35(22-20-30-29-10-3-6-25-7-4-11-32(36(25)29)37(30)38)43(34)28-18-15-24(16-19-28)33-21-17-27-14-13-26-8-5-23-41-39(26)40(27)42-33/h1-23H. The molecule has 3 aromatic heterocycles. The SMILES string of the molecule is c1cc2c3c(cccc3c1)-c1c-2ccc2c1c1ccccc1n2-c1ccc(-c2ccc3ccc4cccnc4c3n2)cc1. The van der Waals surface area contributed by atoms with E-state index >= 15 is 0 Å². The van der Waals surface area contributed by atoms with Gasteiger partial charge < -0.3 is 4.57 Å². The third-order valence-electron chi connectivity index (χ3n) is 9.16. The summed E-state index contributed by atoms with van der Waals surface area (Å²) in [5, 5.41) is 7.45. The number of rotatable bonds is 2. The second-order valence-corrected chi connectivity index (χ2v) is 11.4. The molecular weight excluding hydrogens is 522 g/mol. The molecule has 10 rings (SSSR count). The molecule has 0 radical (unpaired) electrons. The van der Waals surface area contributed by atoms with Gasteiger partial charge in [0.2, 0.25) is 0 Å². The minimum absolute atomic E-state index is 0.937. The summed E-state index contributed by atoms with van der Waals surface area (Å²) in [5.41, 5.74) is 12.8. The average molecular weight is 546 g/mol. The summed E-state index contributed by atoms with van der Waals surface area (Å²) in [6, 6.07) is 48.1. The van der Waals surface area contributed by atoms with Crippen molar-refractivity contribution in [3.05, 3.63) is 140 Å². The van der Waals surface area contributed by atoms with E-state index in [1.165, 1.54) is 54.8 Å². The fourth-order valence-corrected chi connectivity index (χ4v) is 7.28. The minimum atomic E-state index is 0.937. The van der Waals surface area contributed by atoms with Gasteiger partial charge in [0.15, 0.2) is 0 Å². The Morgan fingerprint density at radius 2 is 1.23 bits per heavy atom. The van der Waals surface area contributed by atoms with Crippen LogP contribution in [0.2, 0.25) is 0 Å². The predicted molar refractivity (Wildman–Crippen MR) is 179 cm³/mol. The molecule has 3 nitrogen and oxygen atoms in total. The van der Waals surface area contributed by atoms with Gasteiger partial charge in [-0.1, -0.05) is 97.1 Å². The zero-order valence-corrected chi connectivity index (χ0v) is 23.1. The van der Waals surface area contributed by atoms with Gasteiger partial charge in [0.1, 0.15) is 0 Å². The summed E-state index contributed by atoms with van der Waals surface area (Å²) in [4.78, 5) is 9.71. The van der Waals surface area contributed by atoms with Crippen molar-refractivity contribution in [3.8, 4) is 39.2 Å². The Balaban J connectivity index is 1.17. The Morgan fingerprint density at radius 3 is 2.12 bits per heavy atom. The number of nitrogens with zero attached hydrogens (tertiary/aromatic N) is 3. The van der Waals surface area contributed by atoms with Crippen molar-refractivity contribution in [2.24, 2.45) is 0 Å². The van der Waals surface area contributed by atoms with E-state index < -0.39 is 0 Å². The molecule has 0 unspecified atom stereocenters. The number of aromatic nitrogens is 3. The number of pyridine rings is 2. The maximum Gasteiger partial charge on any atom is 0.0972 e. The number of hydrogen-bond acceptors (Lipinski definition) is 2. The van der Waals surface area contributed by atoms with Gasteiger partial charge in [-0.25, -0.2) is 4.98 Å². The first-order chi connectivity index (χ1) is 21.3. The van der Waals surface area contributed by atoms with E-state index in [9.17, 15) is 0 Å². The highest BCUT2D eigenvalue weighted by Gasteiger charge is 2.26. The van der Waals surface area contributed by atoms with Crippen LogP contribution in [-0.2, 0) is 0 Å². The highest BCUT2D eigenvalue weighted by Crippen LogP contribution is 2.52. The van der Waals surface area contributed by atoms with Crippen LogP contribution in [0.3, 0.4) is 0 Å². The maximum absolute atomic E-state index is 5.07. The van der Waals surface area contributed by atoms with Crippen LogP contribution in [0.4, 0.5) is 0 Å². The third kappa shape index (κ3) is 3.08. The highest BCUT2D eigenvalue weighted by atomic mass is 15.0. The van der Waals surface area contributed by atoms with Gasteiger partial charge in [-0.05, 0) is 63.9 Å². The van der Waals surface area contributed by atoms with E-state index in [1.807, 2.05) is 12.3 Å². The fourth-order valence-electron chi connectivity index (χ4n) is 7.28. The van der Waals surface area contributed by atoms with E-state index in [-0.39, 0.29) is 0 Å². The molecule has 6 aromatic carbocycles. The smallest absolute Gasteiger partial charge is 0.0972 e. The van der Waals surface area contributed by atoms with Crippen molar-refractivity contribution in [1.29, 1.82) is 0 Å². The summed E-state index contributed by atoms with van der Waals surface area (Å²) >= 11 is 0. The van der Waals surface area contributed by atoms with Crippen LogP contribution in [-0.4, -0.2) is 14.5 Å². The monoisotopic (exact) mass is 545 g/mol. The Kier molecular flexibility index (Phi) is 4.45. The van der Waals surface area contributed by atoms with E-state index in [2.05, 4.69) is 137 Å². The van der Waals surface area contributed by atoms with Gasteiger partial charge in [-0.3, -0.25) is 4.98 Å². The lowest BCUT2D eigenvalue weighted by Gasteiger charge is -2.11. The molecule has 198 valence electrons. The molecule has 0 N–H and O–H groups in total. The summed E-state index contributed by atoms with van der Waals surface area (Å²) in [5.74, 6) is 0. The molecule has 43 heavy (non-hydrogen) atoms. The first kappa shape index (κ1) is 22.8. The summed E-state index contributed by atoms with van der Waals surface area (Å²) in [6.07, 6.45) is 1.84. The number of fused-ring (bicyclic) bond motifs is 10. The number of hydrogen-bond donors (Lipinski definition) is 0. The summed E-state index contributed by atoms with van der Waals surface area (Å²) in [6.45, 7) is 0. The van der Waals surface area contributed by atoms with E-state index in [4.69, 9.17) is 4.98 Å². The van der Waals surface area contributed by atoms with Crippen LogP contribution in [0.25, 0.3) is 93.6 Å². The molecular formula is C40H23N3. The van der Waals surface area contributed by atoms with Crippen molar-refractivity contribution in [1.82, 2.24) is 14.5 Å². The Labute approximate surface area is 247 Å². The summed E-state index contributed by atoms with van der Waals surface area (Å²) in [7, 11) is 0. The molecule has 0 amide bonds. The molecule has 0 saturated heterocycles. The largest absolute Gasteiger partial charge is 0.309 e. The lowest BCUT2D eigenvalue weighted by atomic mass is 9.98. The van der Waals surface area contributed by atoms with Crippen LogP contribution < -0.4 is 0 Å². The summed E-state index contributed by atoms with van der Waals surface area (Å²) < 4.78 is 2.41. The second kappa shape index (κ2) is 8.37. The molecule has 0 aliphatic heterocycles. The highest BCUT2D eigenvalue weighted by molar-refractivity contribution is 6.26. The minimum Gasteiger partial charge on any atom is -0.309 e. The number of para-hydroxylation sites is 1. The van der Waals surface area contributed by atoms with Crippen LogP contribution in [0, 0.1) is 0 Å². The van der Waals surface area contributed by atoms with Gasteiger partial charge in [0.05, 0.1) is 27.8 Å². The molecule has 3 heteroatoms. The van der Waals surface area contributed by atoms with Crippen molar-refractivity contribution in [2.75, 3.05) is 0 Å². The zero-order valence-electron chi connectivity index (χ0n) is 23.1. The van der Waals surface area contributed by atoms with Crippen molar-refractivity contribution < 1.29 is 0 Å². The zero-order chi connectivity index (χ0) is 28.1. The van der Waals surface area contributed by atoms with Crippen molar-refractivity contribution in [2.45, 2.75) is 0 Å². The van der Waals surface area contributed by atoms with Crippen molar-refractivity contribution >= 4 is 54.4 Å². The first-order valence-electron chi connectivity index (χ1n) is 14.7. The lowest BCUT2D eigenvalue weighted by Crippen LogP contribution is -1.94. The van der Waals surface area contributed by atoms with E-state index in [1.54, 1.807) is 0 Å². The topological polar surface area (TPSA) is 30.7 Å². The molecule has 9 aromatic rings. The van der Waals surface area contributed by atoms with Crippen LogP contribution in [0.1, 0.15) is 0 Å². The fraction of sp³-hybridized carbons (Fsp3) is 0. The maximum atomic E-state index is 5.07. The third-order valence-corrected chi connectivity index (χ3v) is 9.16. The molecule has 1 aliphatic rings. The van der Waals surface area contributed by atoms with Gasteiger partial charge in [-0.2, -0.15) is 0 Å². The van der Waals surface area contributed by atoms with Crippen LogP contribution >= 0.6 is 0 Å². The van der Waals surface area contributed by atoms with E-state index in [0.717, 1.165) is 38.8 Å². The van der Waals surface area contributed by atoms with Gasteiger partial charge in [0.25, 0.3) is 0 Å². The predicted octanol–water partition coefficient (Wildman–Crippen LogP) is 10.3. The first-order valence-corrected chi connectivity index (χ1v) is 14.7. The van der Waals surface area contributed by atoms with Gasteiger partial charge in [-0.15, -0.1) is 0 Å². The molecule has 0 bridgehead atoms. The molecule has 1 aliphatic carbocycles. The second-order valence-electron chi connectivity index (χ2n) is 11.4. The molecule has 0 saturated carbocycles. The van der Waals surface area contributed by atoms with E-state index in [0.29, 0.717) is 0 Å². The normalized spacial score (nSPS) is 12.2.